The Morgan fingerprint density at radius 2 is 1.84 bits per heavy atom. The van der Waals surface area contributed by atoms with Crippen LogP contribution in [-0.4, -0.2) is 39.2 Å². The Morgan fingerprint density at radius 3 is 2.49 bits per heavy atom. The fraction of sp³-hybridized carbons (Fsp3) is 0.385. The van der Waals surface area contributed by atoms with Gasteiger partial charge >= 0.3 is 12.2 Å². The molecule has 0 saturated carbocycles. The summed E-state index contributed by atoms with van der Waals surface area (Å²) >= 11 is 0. The van der Waals surface area contributed by atoms with Crippen LogP contribution in [0.4, 0.5) is 18.0 Å². The molecule has 0 aliphatic carbocycles. The Labute approximate surface area is 212 Å². The van der Waals surface area contributed by atoms with Crippen molar-refractivity contribution in [2.75, 3.05) is 6.54 Å². The molecule has 2 aromatic carbocycles. The molecule has 1 aromatic heterocycles. The number of carbonyl (C=O) groups is 2. The maximum Gasteiger partial charge on any atom is 0.416 e. The summed E-state index contributed by atoms with van der Waals surface area (Å²) in [5, 5.41) is 13.2. The van der Waals surface area contributed by atoms with Gasteiger partial charge in [0.25, 0.3) is 5.91 Å². The van der Waals surface area contributed by atoms with Gasteiger partial charge in [0, 0.05) is 24.2 Å². The summed E-state index contributed by atoms with van der Waals surface area (Å²) in [7, 11) is 0. The van der Waals surface area contributed by atoms with E-state index in [1.54, 1.807) is 30.0 Å². The van der Waals surface area contributed by atoms with Crippen molar-refractivity contribution in [1.29, 1.82) is 0 Å². The molecule has 3 aromatic rings. The molecule has 2 heterocycles. The first kappa shape index (κ1) is 26.2. The van der Waals surface area contributed by atoms with E-state index >= 15 is 0 Å². The molecule has 0 unspecified atom stereocenters. The second-order valence-corrected chi connectivity index (χ2v) is 10.0. The molecule has 1 aliphatic rings. The summed E-state index contributed by atoms with van der Waals surface area (Å²) in [6, 6.07) is 8.08. The number of nitrogens with zero attached hydrogens (tertiary/aromatic N) is 3. The highest BCUT2D eigenvalue weighted by molar-refractivity contribution is 5.97. The lowest BCUT2D eigenvalue weighted by molar-refractivity contribution is -0.137. The number of aromatic nitrogens is 2. The number of urea groups is 1. The van der Waals surface area contributed by atoms with Crippen LogP contribution in [0.5, 0.6) is 0 Å². The third-order valence-electron chi connectivity index (χ3n) is 6.09. The molecule has 4 rings (SSSR count). The second kappa shape index (κ2) is 9.87. The van der Waals surface area contributed by atoms with Gasteiger partial charge in [-0.25, -0.2) is 9.42 Å². The second-order valence-electron chi connectivity index (χ2n) is 10.0. The fourth-order valence-electron chi connectivity index (χ4n) is 4.26. The quantitative estimate of drug-likeness (QED) is 0.517. The van der Waals surface area contributed by atoms with Crippen molar-refractivity contribution in [1.82, 2.24) is 25.8 Å². The van der Waals surface area contributed by atoms with Gasteiger partial charge in [0.05, 0.1) is 12.1 Å². The first-order chi connectivity index (χ1) is 17.3. The molecule has 37 heavy (non-hydrogen) atoms. The van der Waals surface area contributed by atoms with Crippen LogP contribution in [0.2, 0.25) is 0 Å². The predicted molar refractivity (Wildman–Crippen MR) is 129 cm³/mol. The van der Waals surface area contributed by atoms with Gasteiger partial charge < -0.3 is 15.5 Å². The van der Waals surface area contributed by atoms with Crippen LogP contribution in [0.3, 0.4) is 0 Å². The van der Waals surface area contributed by atoms with Crippen LogP contribution >= 0.6 is 0 Å². The molecule has 196 valence electrons. The van der Waals surface area contributed by atoms with Crippen LogP contribution in [0.25, 0.3) is 11.1 Å². The number of benzene rings is 2. The summed E-state index contributed by atoms with van der Waals surface area (Å²) in [4.78, 5) is 27.7. The molecule has 1 aliphatic heterocycles. The standard InChI is InChI=1S/C26H28F3N5O3/c1-15-22(33-37-32-15)13-30-23(35)20-9-8-18(16-6-5-7-17(12-16)26(27,28)29)19-10-11-34(14-21(19)20)24(36)31-25(2,3)4/h5-9,12H,10-11,13-14H2,1-4H3,(H,30,35)(H,31,36). The van der Waals surface area contributed by atoms with Gasteiger partial charge in [0.2, 0.25) is 0 Å². The van der Waals surface area contributed by atoms with Gasteiger partial charge in [-0.05, 0) is 74.6 Å². The molecule has 11 heteroatoms. The van der Waals surface area contributed by atoms with Crippen LogP contribution in [0.1, 0.15) is 59.2 Å². The smallest absolute Gasteiger partial charge is 0.346 e. The number of hydrogen-bond acceptors (Lipinski definition) is 5. The zero-order valence-corrected chi connectivity index (χ0v) is 21.0. The van der Waals surface area contributed by atoms with Gasteiger partial charge in [0.1, 0.15) is 11.4 Å². The van der Waals surface area contributed by atoms with E-state index in [9.17, 15) is 22.8 Å². The highest BCUT2D eigenvalue weighted by atomic mass is 19.4. The van der Waals surface area contributed by atoms with E-state index in [-0.39, 0.29) is 19.1 Å². The van der Waals surface area contributed by atoms with E-state index in [0.29, 0.717) is 46.6 Å². The van der Waals surface area contributed by atoms with Gasteiger partial charge in [-0.15, -0.1) is 0 Å². The number of halogens is 3. The fourth-order valence-corrected chi connectivity index (χ4v) is 4.26. The molecule has 8 nitrogen and oxygen atoms in total. The Morgan fingerprint density at radius 1 is 1.08 bits per heavy atom. The van der Waals surface area contributed by atoms with Crippen molar-refractivity contribution < 1.29 is 27.4 Å². The van der Waals surface area contributed by atoms with Gasteiger partial charge in [0.15, 0.2) is 0 Å². The van der Waals surface area contributed by atoms with Crippen LogP contribution in [-0.2, 0) is 25.7 Å². The maximum absolute atomic E-state index is 13.4. The normalized spacial score (nSPS) is 13.8. The van der Waals surface area contributed by atoms with Gasteiger partial charge in [-0.1, -0.05) is 28.5 Å². The van der Waals surface area contributed by atoms with E-state index in [2.05, 4.69) is 25.6 Å². The van der Waals surface area contributed by atoms with E-state index < -0.39 is 23.2 Å². The summed E-state index contributed by atoms with van der Waals surface area (Å²) < 4.78 is 44.8. The van der Waals surface area contributed by atoms with Crippen molar-refractivity contribution in [2.24, 2.45) is 0 Å². The lowest BCUT2D eigenvalue weighted by atomic mass is 9.87. The van der Waals surface area contributed by atoms with E-state index in [1.165, 1.54) is 6.07 Å². The SMILES string of the molecule is Cc1nonc1CNC(=O)c1ccc(-c2cccc(C(F)(F)F)c2)c2c1CN(C(=O)NC(C)(C)C)CC2. The number of carbonyl (C=O) groups excluding carboxylic acids is 2. The molecule has 0 spiro atoms. The minimum atomic E-state index is -4.48. The third-order valence-corrected chi connectivity index (χ3v) is 6.09. The minimum Gasteiger partial charge on any atom is -0.346 e. The largest absolute Gasteiger partial charge is 0.416 e. The lowest BCUT2D eigenvalue weighted by Crippen LogP contribution is -2.50. The number of alkyl halides is 3. The molecule has 0 radical (unpaired) electrons. The summed E-state index contributed by atoms with van der Waals surface area (Å²) in [6.07, 6.45) is -4.10. The number of amides is 3. The van der Waals surface area contributed by atoms with Crippen LogP contribution in [0.15, 0.2) is 41.0 Å². The lowest BCUT2D eigenvalue weighted by Gasteiger charge is -2.34. The average Bonchev–Trinajstić information content (AvgIpc) is 3.24. The third kappa shape index (κ3) is 5.92. The van der Waals surface area contributed by atoms with Crippen molar-refractivity contribution in [2.45, 2.75) is 58.9 Å². The van der Waals surface area contributed by atoms with Gasteiger partial charge in [-0.2, -0.15) is 13.2 Å². The maximum atomic E-state index is 13.4. The molecule has 0 saturated heterocycles. The molecule has 0 atom stereocenters. The Hall–Kier alpha value is -3.89. The first-order valence-electron chi connectivity index (χ1n) is 11.8. The number of nitrogens with one attached hydrogen (secondary N) is 2. The predicted octanol–water partition coefficient (Wildman–Crippen LogP) is 4.86. The van der Waals surface area contributed by atoms with Crippen LogP contribution in [0, 0.1) is 6.92 Å². The number of aryl methyl sites for hydroxylation is 1. The Bertz CT molecular complexity index is 1330. The molecular weight excluding hydrogens is 487 g/mol. The van der Waals surface area contributed by atoms with E-state index in [0.717, 1.165) is 17.7 Å². The zero-order chi connectivity index (χ0) is 27.0. The summed E-state index contributed by atoms with van der Waals surface area (Å²) in [5.41, 5.74) is 2.50. The first-order valence-corrected chi connectivity index (χ1v) is 11.8. The minimum absolute atomic E-state index is 0.0898. The van der Waals surface area contributed by atoms with E-state index in [1.807, 2.05) is 20.8 Å². The molecule has 0 bridgehead atoms. The van der Waals surface area contributed by atoms with Crippen molar-refractivity contribution in [3.05, 3.63) is 70.0 Å². The number of fused-ring (bicyclic) bond motifs is 1. The zero-order valence-electron chi connectivity index (χ0n) is 21.0. The topological polar surface area (TPSA) is 100 Å². The van der Waals surface area contributed by atoms with Crippen molar-refractivity contribution >= 4 is 11.9 Å². The summed E-state index contributed by atoms with van der Waals surface area (Å²) in [5.74, 6) is -0.396. The Balaban J connectivity index is 1.72. The molecule has 0 fully saturated rings. The average molecular weight is 516 g/mol. The highest BCUT2D eigenvalue weighted by Gasteiger charge is 2.32. The number of hydrogen-bond donors (Lipinski definition) is 2. The van der Waals surface area contributed by atoms with Crippen molar-refractivity contribution in [3.63, 3.8) is 0 Å². The Kier molecular flexibility index (Phi) is 6.98. The van der Waals surface area contributed by atoms with Crippen LogP contribution < -0.4 is 10.6 Å². The summed E-state index contributed by atoms with van der Waals surface area (Å²) in [6.45, 7) is 7.89. The molecule has 2 N–H and O–H groups in total. The molecule has 3 amide bonds. The monoisotopic (exact) mass is 515 g/mol. The van der Waals surface area contributed by atoms with Gasteiger partial charge in [-0.3, -0.25) is 4.79 Å². The highest BCUT2D eigenvalue weighted by Crippen LogP contribution is 2.36. The number of rotatable bonds is 4. The van der Waals surface area contributed by atoms with Crippen molar-refractivity contribution in [3.8, 4) is 11.1 Å². The van der Waals surface area contributed by atoms with E-state index in [4.69, 9.17) is 0 Å². The molecular formula is C26H28F3N5O3.